The number of hydrogen-bond donors (Lipinski definition) is 1. The first-order chi connectivity index (χ1) is 16.4. The summed E-state index contributed by atoms with van der Waals surface area (Å²) in [4.78, 5) is 31.8. The van der Waals surface area contributed by atoms with Crippen molar-refractivity contribution in [3.63, 3.8) is 0 Å². The first kappa shape index (κ1) is 22.9. The van der Waals surface area contributed by atoms with Gasteiger partial charge in [-0.2, -0.15) is 0 Å². The van der Waals surface area contributed by atoms with E-state index in [4.69, 9.17) is 0 Å². The Morgan fingerprint density at radius 3 is 2.41 bits per heavy atom. The van der Waals surface area contributed by atoms with Gasteiger partial charge in [-0.15, -0.1) is 0 Å². The molecule has 1 N–H and O–H groups in total. The van der Waals surface area contributed by atoms with Crippen molar-refractivity contribution in [2.45, 2.75) is 13.8 Å². The van der Waals surface area contributed by atoms with Crippen molar-refractivity contribution in [3.8, 4) is 16.9 Å². The molecule has 6 nitrogen and oxygen atoms in total. The number of aromatic nitrogens is 2. The average Bonchev–Trinajstić information content (AvgIpc) is 3.27. The van der Waals surface area contributed by atoms with Crippen molar-refractivity contribution in [1.82, 2.24) is 14.5 Å². The van der Waals surface area contributed by atoms with Crippen LogP contribution in [0, 0.1) is 12.7 Å². The molecule has 0 fully saturated rings. The fourth-order valence-corrected chi connectivity index (χ4v) is 3.63. The lowest BCUT2D eigenvalue weighted by atomic mass is 10.2. The zero-order chi connectivity index (χ0) is 24.1. The highest BCUT2D eigenvalue weighted by Crippen LogP contribution is 2.24. The summed E-state index contributed by atoms with van der Waals surface area (Å²) in [5.41, 5.74) is 3.90. The van der Waals surface area contributed by atoms with Crippen molar-refractivity contribution in [2.24, 2.45) is 0 Å². The van der Waals surface area contributed by atoms with E-state index in [-0.39, 0.29) is 18.4 Å². The maximum atomic E-state index is 13.2. The van der Waals surface area contributed by atoms with Crippen LogP contribution in [0.3, 0.4) is 0 Å². The molecule has 0 bridgehead atoms. The van der Waals surface area contributed by atoms with Gasteiger partial charge in [-0.05, 0) is 55.8 Å². The number of nitrogens with zero attached hydrogens (tertiary/aromatic N) is 3. The Bertz CT molecular complexity index is 1300. The van der Waals surface area contributed by atoms with Gasteiger partial charge >= 0.3 is 0 Å². The predicted octanol–water partition coefficient (Wildman–Crippen LogP) is 5.09. The number of imidazole rings is 1. The summed E-state index contributed by atoms with van der Waals surface area (Å²) in [6.45, 7) is 3.95. The van der Waals surface area contributed by atoms with E-state index in [1.165, 1.54) is 29.2 Å². The summed E-state index contributed by atoms with van der Waals surface area (Å²) >= 11 is 0. The molecule has 4 rings (SSSR count). The first-order valence-corrected chi connectivity index (χ1v) is 11.0. The second-order valence-electron chi connectivity index (χ2n) is 7.90. The number of rotatable bonds is 7. The van der Waals surface area contributed by atoms with Crippen LogP contribution in [0.5, 0.6) is 0 Å². The van der Waals surface area contributed by atoms with Gasteiger partial charge in [-0.3, -0.25) is 19.5 Å². The van der Waals surface area contributed by atoms with Crippen LogP contribution in [0.15, 0.2) is 85.1 Å². The molecule has 0 spiro atoms. The predicted molar refractivity (Wildman–Crippen MR) is 130 cm³/mol. The van der Waals surface area contributed by atoms with Crippen molar-refractivity contribution in [1.29, 1.82) is 0 Å². The maximum Gasteiger partial charge on any atom is 0.254 e. The number of hydrogen-bond acceptors (Lipinski definition) is 3. The third-order valence-corrected chi connectivity index (χ3v) is 5.40. The van der Waals surface area contributed by atoms with Crippen molar-refractivity contribution < 1.29 is 14.0 Å². The normalized spacial score (nSPS) is 10.7. The Labute approximate surface area is 197 Å². The Hall–Kier alpha value is -4.26. The van der Waals surface area contributed by atoms with Crippen LogP contribution in [0.1, 0.15) is 22.8 Å². The molecule has 3 aromatic carbocycles. The molecular formula is C27H25FN4O2. The molecule has 2 amide bonds. The quantitative estimate of drug-likeness (QED) is 0.421. The summed E-state index contributed by atoms with van der Waals surface area (Å²) < 4.78 is 15.0. The highest BCUT2D eigenvalue weighted by molar-refractivity contribution is 5.99. The molecule has 0 saturated heterocycles. The molecule has 0 aliphatic heterocycles. The maximum absolute atomic E-state index is 13.2. The highest BCUT2D eigenvalue weighted by atomic mass is 19.1. The zero-order valence-corrected chi connectivity index (χ0v) is 19.0. The van der Waals surface area contributed by atoms with E-state index in [0.29, 0.717) is 23.8 Å². The van der Waals surface area contributed by atoms with E-state index >= 15 is 0 Å². The number of likely N-dealkylation sites (N-methyl/N-ethyl adjacent to an activating group) is 1. The van der Waals surface area contributed by atoms with Crippen molar-refractivity contribution >= 4 is 17.8 Å². The highest BCUT2D eigenvalue weighted by Gasteiger charge is 2.20. The van der Waals surface area contributed by atoms with Crippen LogP contribution in [-0.2, 0) is 4.79 Å². The van der Waals surface area contributed by atoms with E-state index in [9.17, 15) is 14.0 Å². The van der Waals surface area contributed by atoms with Gasteiger partial charge in [0.1, 0.15) is 12.4 Å². The lowest BCUT2D eigenvalue weighted by Crippen LogP contribution is -2.38. The van der Waals surface area contributed by atoms with Crippen molar-refractivity contribution in [3.05, 3.63) is 102 Å². The Kier molecular flexibility index (Phi) is 6.82. The number of aryl methyl sites for hydroxylation is 1. The van der Waals surface area contributed by atoms with E-state index in [1.54, 1.807) is 6.92 Å². The molecule has 0 radical (unpaired) electrons. The molecular weight excluding hydrogens is 431 g/mol. The minimum atomic E-state index is -0.422. The van der Waals surface area contributed by atoms with E-state index in [0.717, 1.165) is 16.8 Å². The number of amides is 2. The summed E-state index contributed by atoms with van der Waals surface area (Å²) in [5, 5.41) is 2.86. The van der Waals surface area contributed by atoms with Gasteiger partial charge in [0.2, 0.25) is 11.9 Å². The smallest absolute Gasteiger partial charge is 0.254 e. The summed E-state index contributed by atoms with van der Waals surface area (Å²) in [6, 6.07) is 22.9. The molecule has 0 aliphatic rings. The van der Waals surface area contributed by atoms with E-state index < -0.39 is 5.82 Å². The first-order valence-electron chi connectivity index (χ1n) is 11.0. The minimum absolute atomic E-state index is 0.159. The van der Waals surface area contributed by atoms with E-state index in [2.05, 4.69) is 10.3 Å². The molecule has 1 aromatic heterocycles. The topological polar surface area (TPSA) is 67.2 Å². The molecule has 0 unspecified atom stereocenters. The van der Waals surface area contributed by atoms with Crippen LogP contribution in [-0.4, -0.2) is 39.4 Å². The lowest BCUT2D eigenvalue weighted by molar-refractivity contribution is -0.116. The molecule has 1 heterocycles. The van der Waals surface area contributed by atoms with Gasteiger partial charge in [0.15, 0.2) is 0 Å². The van der Waals surface area contributed by atoms with Gasteiger partial charge < -0.3 is 4.90 Å². The van der Waals surface area contributed by atoms with Crippen LogP contribution in [0.4, 0.5) is 10.3 Å². The summed E-state index contributed by atoms with van der Waals surface area (Å²) in [6.07, 6.45) is 1.88. The average molecular weight is 457 g/mol. The minimum Gasteiger partial charge on any atom is -0.330 e. The Balaban J connectivity index is 1.59. The second-order valence-corrected chi connectivity index (χ2v) is 7.90. The Morgan fingerprint density at radius 1 is 1.00 bits per heavy atom. The van der Waals surface area contributed by atoms with Crippen LogP contribution >= 0.6 is 0 Å². The molecule has 7 heteroatoms. The standard InChI is InChI=1S/C27H25FN4O2/c1-3-31(26(34)21-12-14-22(28)15-13-21)18-25(33)30-27-29-24(20-9-5-4-6-10-20)17-32(27)23-11-7-8-19(2)16-23/h4-17H,3,18H2,1-2H3,(H,29,30,33). The van der Waals surface area contributed by atoms with Crippen LogP contribution in [0.25, 0.3) is 16.9 Å². The number of carbonyl (C=O) groups excluding carboxylic acids is 2. The summed E-state index contributed by atoms with van der Waals surface area (Å²) in [7, 11) is 0. The number of nitrogens with one attached hydrogen (secondary N) is 1. The number of benzene rings is 3. The van der Waals surface area contributed by atoms with Gasteiger partial charge in [0, 0.05) is 29.6 Å². The molecule has 4 aromatic rings. The van der Waals surface area contributed by atoms with Crippen LogP contribution < -0.4 is 5.32 Å². The van der Waals surface area contributed by atoms with Gasteiger partial charge in [-0.25, -0.2) is 9.37 Å². The second kappa shape index (κ2) is 10.1. The fraction of sp³-hybridized carbons (Fsp3) is 0.148. The molecule has 34 heavy (non-hydrogen) atoms. The molecule has 0 atom stereocenters. The molecule has 0 saturated carbocycles. The largest absolute Gasteiger partial charge is 0.330 e. The Morgan fingerprint density at radius 2 is 1.74 bits per heavy atom. The third-order valence-electron chi connectivity index (χ3n) is 5.40. The lowest BCUT2D eigenvalue weighted by Gasteiger charge is -2.20. The molecule has 172 valence electrons. The van der Waals surface area contributed by atoms with Gasteiger partial charge in [0.05, 0.1) is 5.69 Å². The van der Waals surface area contributed by atoms with Gasteiger partial charge in [0.25, 0.3) is 5.91 Å². The van der Waals surface area contributed by atoms with Gasteiger partial charge in [-0.1, -0.05) is 42.5 Å². The molecule has 0 aliphatic carbocycles. The number of halogens is 1. The SMILES string of the molecule is CCN(CC(=O)Nc1nc(-c2ccccc2)cn1-c1cccc(C)c1)C(=O)c1ccc(F)cc1. The zero-order valence-electron chi connectivity index (χ0n) is 19.0. The van der Waals surface area contributed by atoms with Crippen molar-refractivity contribution in [2.75, 3.05) is 18.4 Å². The van der Waals surface area contributed by atoms with E-state index in [1.807, 2.05) is 72.3 Å². The third kappa shape index (κ3) is 5.20. The fourth-order valence-electron chi connectivity index (χ4n) is 3.63. The number of carbonyl (C=O) groups is 2. The van der Waals surface area contributed by atoms with Crippen LogP contribution in [0.2, 0.25) is 0 Å². The monoisotopic (exact) mass is 456 g/mol. The summed E-state index contributed by atoms with van der Waals surface area (Å²) in [5.74, 6) is -0.782. The number of anilines is 1.